The van der Waals surface area contributed by atoms with E-state index in [1.165, 1.54) is 0 Å². The lowest BCUT2D eigenvalue weighted by molar-refractivity contribution is -0.132. The van der Waals surface area contributed by atoms with E-state index in [-0.39, 0.29) is 12.5 Å². The molecular weight excluding hydrogens is 266 g/mol. The van der Waals surface area contributed by atoms with Crippen molar-refractivity contribution in [2.24, 2.45) is 5.10 Å². The second kappa shape index (κ2) is 7.90. The molecule has 114 valence electrons. The first-order chi connectivity index (χ1) is 10.2. The molecule has 1 heterocycles. The van der Waals surface area contributed by atoms with Crippen molar-refractivity contribution in [3.63, 3.8) is 0 Å². The van der Waals surface area contributed by atoms with Gasteiger partial charge in [0, 0.05) is 13.0 Å². The molecule has 1 aliphatic heterocycles. The molecule has 0 unspecified atom stereocenters. The molecule has 1 amide bonds. The number of aliphatic hydroxyl groups is 1. The van der Waals surface area contributed by atoms with Gasteiger partial charge in [-0.25, -0.2) is 5.01 Å². The second-order valence-corrected chi connectivity index (χ2v) is 5.18. The Morgan fingerprint density at radius 1 is 1.33 bits per heavy atom. The van der Waals surface area contributed by atoms with E-state index in [0.717, 1.165) is 30.7 Å². The van der Waals surface area contributed by atoms with Crippen molar-refractivity contribution in [1.29, 1.82) is 0 Å². The lowest BCUT2D eigenvalue weighted by Crippen LogP contribution is -2.38. The molecule has 1 N–H and O–H groups in total. The summed E-state index contributed by atoms with van der Waals surface area (Å²) in [6.07, 6.45) is 1.76. The van der Waals surface area contributed by atoms with Crippen LogP contribution in [0, 0.1) is 0 Å². The first-order valence-corrected chi connectivity index (χ1v) is 7.51. The maximum atomic E-state index is 12.3. The average molecular weight is 289 g/mol. The van der Waals surface area contributed by atoms with E-state index in [4.69, 9.17) is 5.11 Å². The molecule has 0 spiro atoms. The summed E-state index contributed by atoms with van der Waals surface area (Å²) < 4.78 is 0. The van der Waals surface area contributed by atoms with Gasteiger partial charge < -0.3 is 5.11 Å². The molecule has 0 fully saturated rings. The van der Waals surface area contributed by atoms with Gasteiger partial charge in [-0.3, -0.25) is 9.69 Å². The van der Waals surface area contributed by atoms with Crippen molar-refractivity contribution in [1.82, 2.24) is 9.91 Å². The normalized spacial score (nSPS) is 14.6. The molecule has 2 rings (SSSR count). The first kappa shape index (κ1) is 15.7. The molecule has 0 atom stereocenters. The predicted molar refractivity (Wildman–Crippen MR) is 83.1 cm³/mol. The summed E-state index contributed by atoms with van der Waals surface area (Å²) >= 11 is 0. The van der Waals surface area contributed by atoms with Crippen molar-refractivity contribution >= 4 is 11.6 Å². The highest BCUT2D eigenvalue weighted by molar-refractivity contribution is 6.02. The van der Waals surface area contributed by atoms with Crippen LogP contribution in [0.1, 0.15) is 25.3 Å². The highest BCUT2D eigenvalue weighted by Gasteiger charge is 2.22. The summed E-state index contributed by atoms with van der Waals surface area (Å²) in [5.74, 6) is 0.00262. The van der Waals surface area contributed by atoms with E-state index < -0.39 is 0 Å². The predicted octanol–water partition coefficient (Wildman–Crippen LogP) is 1.33. The quantitative estimate of drug-likeness (QED) is 0.824. The Bertz CT molecular complexity index is 482. The summed E-state index contributed by atoms with van der Waals surface area (Å²) in [6.45, 7) is 4.45. The molecule has 0 saturated heterocycles. The molecule has 5 nitrogen and oxygen atoms in total. The minimum Gasteiger partial charge on any atom is -0.395 e. The molecule has 0 bridgehead atoms. The number of carbonyl (C=O) groups excluding carboxylic acids is 1. The third kappa shape index (κ3) is 4.37. The van der Waals surface area contributed by atoms with Crippen LogP contribution in [0.25, 0.3) is 0 Å². The highest BCUT2D eigenvalue weighted by Crippen LogP contribution is 2.14. The number of rotatable bonds is 7. The maximum Gasteiger partial charge on any atom is 0.256 e. The number of amides is 1. The number of hydrogen-bond donors (Lipinski definition) is 1. The Labute approximate surface area is 125 Å². The van der Waals surface area contributed by atoms with Crippen LogP contribution in [0.5, 0.6) is 0 Å². The standard InChI is InChI=1S/C16H23N3O2/c1-2-9-18(11-12-20)13-16(21)19-10-8-15(17-19)14-6-4-3-5-7-14/h3-7,20H,2,8-13H2,1H3. The Balaban J connectivity index is 1.96. The SMILES string of the molecule is CCCN(CCO)CC(=O)N1CCC(c2ccccc2)=N1. The number of hydrazone groups is 1. The maximum absolute atomic E-state index is 12.3. The fourth-order valence-corrected chi connectivity index (χ4v) is 2.47. The summed E-state index contributed by atoms with van der Waals surface area (Å²) in [7, 11) is 0. The lowest BCUT2D eigenvalue weighted by atomic mass is 10.1. The van der Waals surface area contributed by atoms with Crippen molar-refractivity contribution in [3.8, 4) is 0 Å². The molecule has 1 aromatic carbocycles. The third-order valence-corrected chi connectivity index (χ3v) is 3.51. The van der Waals surface area contributed by atoms with Crippen molar-refractivity contribution in [3.05, 3.63) is 35.9 Å². The number of carbonyl (C=O) groups is 1. The van der Waals surface area contributed by atoms with Gasteiger partial charge in [-0.2, -0.15) is 5.10 Å². The number of aliphatic hydroxyl groups excluding tert-OH is 1. The zero-order chi connectivity index (χ0) is 15.1. The molecule has 1 aliphatic rings. The van der Waals surface area contributed by atoms with E-state index in [2.05, 4.69) is 12.0 Å². The monoisotopic (exact) mass is 289 g/mol. The topological polar surface area (TPSA) is 56.1 Å². The number of benzene rings is 1. The van der Waals surface area contributed by atoms with Crippen molar-refractivity contribution < 1.29 is 9.90 Å². The zero-order valence-electron chi connectivity index (χ0n) is 12.5. The Kier molecular flexibility index (Phi) is 5.90. The number of hydrogen-bond acceptors (Lipinski definition) is 4. The van der Waals surface area contributed by atoms with E-state index in [9.17, 15) is 4.79 Å². The van der Waals surface area contributed by atoms with Crippen LogP contribution in [0.15, 0.2) is 35.4 Å². The molecule has 1 aromatic rings. The Hall–Kier alpha value is -1.72. The Morgan fingerprint density at radius 3 is 2.76 bits per heavy atom. The van der Waals surface area contributed by atoms with Crippen LogP contribution in [-0.2, 0) is 4.79 Å². The first-order valence-electron chi connectivity index (χ1n) is 7.51. The van der Waals surface area contributed by atoms with Crippen LogP contribution in [0.3, 0.4) is 0 Å². The van der Waals surface area contributed by atoms with Crippen LogP contribution >= 0.6 is 0 Å². The van der Waals surface area contributed by atoms with Gasteiger partial charge in [0.1, 0.15) is 0 Å². The fraction of sp³-hybridized carbons (Fsp3) is 0.500. The highest BCUT2D eigenvalue weighted by atomic mass is 16.3. The van der Waals surface area contributed by atoms with Crippen LogP contribution in [0.2, 0.25) is 0 Å². The smallest absolute Gasteiger partial charge is 0.256 e. The summed E-state index contributed by atoms with van der Waals surface area (Å²) in [4.78, 5) is 14.2. The van der Waals surface area contributed by atoms with Gasteiger partial charge in [-0.05, 0) is 18.5 Å². The third-order valence-electron chi connectivity index (χ3n) is 3.51. The van der Waals surface area contributed by atoms with E-state index in [0.29, 0.717) is 19.6 Å². The van der Waals surface area contributed by atoms with Gasteiger partial charge in [-0.15, -0.1) is 0 Å². The lowest BCUT2D eigenvalue weighted by Gasteiger charge is -2.21. The molecular formula is C16H23N3O2. The van der Waals surface area contributed by atoms with Gasteiger partial charge >= 0.3 is 0 Å². The van der Waals surface area contributed by atoms with E-state index in [1.54, 1.807) is 5.01 Å². The van der Waals surface area contributed by atoms with E-state index in [1.807, 2.05) is 35.2 Å². The zero-order valence-corrected chi connectivity index (χ0v) is 12.5. The van der Waals surface area contributed by atoms with Crippen LogP contribution in [0.4, 0.5) is 0 Å². The van der Waals surface area contributed by atoms with E-state index >= 15 is 0 Å². The second-order valence-electron chi connectivity index (χ2n) is 5.18. The van der Waals surface area contributed by atoms with Crippen LogP contribution < -0.4 is 0 Å². The minimum absolute atomic E-state index is 0.00262. The summed E-state index contributed by atoms with van der Waals surface area (Å²) in [5.41, 5.74) is 2.04. The fourth-order valence-electron chi connectivity index (χ4n) is 2.47. The molecule has 0 radical (unpaired) electrons. The summed E-state index contributed by atoms with van der Waals surface area (Å²) in [5, 5.41) is 15.0. The molecule has 0 saturated carbocycles. The number of nitrogens with zero attached hydrogens (tertiary/aromatic N) is 3. The van der Waals surface area contributed by atoms with Gasteiger partial charge in [-0.1, -0.05) is 37.3 Å². The molecule has 0 aromatic heterocycles. The van der Waals surface area contributed by atoms with Gasteiger partial charge in [0.2, 0.25) is 0 Å². The molecule has 21 heavy (non-hydrogen) atoms. The van der Waals surface area contributed by atoms with Crippen molar-refractivity contribution in [2.75, 3.05) is 32.8 Å². The Morgan fingerprint density at radius 2 is 2.10 bits per heavy atom. The average Bonchev–Trinajstić information content (AvgIpc) is 2.98. The summed E-state index contributed by atoms with van der Waals surface area (Å²) in [6, 6.07) is 9.96. The molecule has 0 aliphatic carbocycles. The minimum atomic E-state index is 0.00262. The van der Waals surface area contributed by atoms with Gasteiger partial charge in [0.05, 0.1) is 25.4 Å². The van der Waals surface area contributed by atoms with Gasteiger partial charge in [0.15, 0.2) is 0 Å². The van der Waals surface area contributed by atoms with Crippen LogP contribution in [-0.4, -0.2) is 59.4 Å². The molecule has 5 heteroatoms. The largest absolute Gasteiger partial charge is 0.395 e. The van der Waals surface area contributed by atoms with Crippen molar-refractivity contribution in [2.45, 2.75) is 19.8 Å². The van der Waals surface area contributed by atoms with Gasteiger partial charge in [0.25, 0.3) is 5.91 Å².